The molecule has 20 heavy (non-hydrogen) atoms. The van der Waals surface area contributed by atoms with E-state index in [4.69, 9.17) is 15.3 Å². The quantitative estimate of drug-likeness (QED) is 0.771. The van der Waals surface area contributed by atoms with Gasteiger partial charge in [-0.15, -0.1) is 0 Å². The number of methoxy groups -OCH3 is 1. The Hall–Kier alpha value is -2.04. The van der Waals surface area contributed by atoms with Gasteiger partial charge in [0.05, 0.1) is 31.4 Å². The summed E-state index contributed by atoms with van der Waals surface area (Å²) in [6.07, 6.45) is 4.79. The molecule has 1 fully saturated rings. The molecule has 1 aromatic rings. The van der Waals surface area contributed by atoms with Crippen molar-refractivity contribution in [3.05, 3.63) is 29.3 Å². The van der Waals surface area contributed by atoms with Crippen molar-refractivity contribution in [1.82, 2.24) is 4.90 Å². The average molecular weight is 269 g/mol. The van der Waals surface area contributed by atoms with E-state index in [1.807, 2.05) is 12.1 Å². The molecule has 1 aliphatic rings. The summed E-state index contributed by atoms with van der Waals surface area (Å²) in [6.45, 7) is 1.08. The first-order chi connectivity index (χ1) is 9.78. The highest BCUT2D eigenvalue weighted by molar-refractivity contribution is 5.42. The standard InChI is InChI=1S/C16H19N3O/c1-20-16-7-6-13(11-18)10-14(16)12-19(9-8-17)15-4-2-3-5-15/h6-7,10,15H,2-5,9,12H2,1H3. The summed E-state index contributed by atoms with van der Waals surface area (Å²) in [5.41, 5.74) is 1.61. The first-order valence-corrected chi connectivity index (χ1v) is 6.96. The Bertz CT molecular complexity index is 536. The average Bonchev–Trinajstić information content (AvgIpc) is 3.00. The van der Waals surface area contributed by atoms with E-state index in [2.05, 4.69) is 17.0 Å². The Morgan fingerprint density at radius 2 is 2.05 bits per heavy atom. The van der Waals surface area contributed by atoms with Crippen molar-refractivity contribution in [3.8, 4) is 17.9 Å². The second kappa shape index (κ2) is 6.93. The van der Waals surface area contributed by atoms with Crippen LogP contribution in [0.15, 0.2) is 18.2 Å². The third-order valence-corrected chi connectivity index (χ3v) is 3.90. The largest absolute Gasteiger partial charge is 0.496 e. The zero-order chi connectivity index (χ0) is 14.4. The number of hydrogen-bond donors (Lipinski definition) is 0. The van der Waals surface area contributed by atoms with E-state index in [1.165, 1.54) is 12.8 Å². The minimum atomic E-state index is 0.421. The van der Waals surface area contributed by atoms with Crippen molar-refractivity contribution in [2.75, 3.05) is 13.7 Å². The molecule has 0 unspecified atom stereocenters. The van der Waals surface area contributed by atoms with Crippen LogP contribution in [0.2, 0.25) is 0 Å². The highest BCUT2D eigenvalue weighted by Crippen LogP contribution is 2.27. The van der Waals surface area contributed by atoms with Crippen LogP contribution < -0.4 is 4.74 Å². The van der Waals surface area contributed by atoms with E-state index >= 15 is 0 Å². The zero-order valence-electron chi connectivity index (χ0n) is 11.8. The minimum absolute atomic E-state index is 0.421. The molecule has 0 heterocycles. The molecular weight excluding hydrogens is 250 g/mol. The summed E-state index contributed by atoms with van der Waals surface area (Å²) in [5.74, 6) is 0.782. The molecule has 0 bridgehead atoms. The van der Waals surface area contributed by atoms with Crippen LogP contribution in [0.1, 0.15) is 36.8 Å². The molecule has 0 radical (unpaired) electrons. The van der Waals surface area contributed by atoms with Crippen molar-refractivity contribution in [3.63, 3.8) is 0 Å². The highest BCUT2D eigenvalue weighted by atomic mass is 16.5. The van der Waals surface area contributed by atoms with E-state index < -0.39 is 0 Å². The zero-order valence-corrected chi connectivity index (χ0v) is 11.8. The molecule has 0 N–H and O–H groups in total. The van der Waals surface area contributed by atoms with Gasteiger partial charge in [0.2, 0.25) is 0 Å². The van der Waals surface area contributed by atoms with Gasteiger partial charge in [-0.1, -0.05) is 12.8 Å². The SMILES string of the molecule is COc1ccc(C#N)cc1CN(CC#N)C1CCCC1. The van der Waals surface area contributed by atoms with Crippen LogP contribution in [0.5, 0.6) is 5.75 Å². The molecule has 0 atom stereocenters. The summed E-state index contributed by atoms with van der Waals surface area (Å²) in [5, 5.41) is 18.0. The summed E-state index contributed by atoms with van der Waals surface area (Å²) >= 11 is 0. The van der Waals surface area contributed by atoms with Crippen LogP contribution in [-0.2, 0) is 6.54 Å². The van der Waals surface area contributed by atoms with Crippen molar-refractivity contribution in [2.24, 2.45) is 0 Å². The van der Waals surface area contributed by atoms with Crippen LogP contribution in [0.4, 0.5) is 0 Å². The third kappa shape index (κ3) is 3.29. The van der Waals surface area contributed by atoms with Gasteiger partial charge in [0.1, 0.15) is 5.75 Å². The minimum Gasteiger partial charge on any atom is -0.496 e. The molecule has 1 aromatic carbocycles. The predicted molar refractivity (Wildman–Crippen MR) is 76.0 cm³/mol. The molecule has 4 heteroatoms. The Labute approximate surface area is 120 Å². The van der Waals surface area contributed by atoms with Crippen LogP contribution >= 0.6 is 0 Å². The van der Waals surface area contributed by atoms with E-state index in [-0.39, 0.29) is 0 Å². The molecule has 0 aliphatic heterocycles. The smallest absolute Gasteiger partial charge is 0.123 e. The molecular formula is C16H19N3O. The number of hydrogen-bond acceptors (Lipinski definition) is 4. The number of rotatable bonds is 5. The summed E-state index contributed by atoms with van der Waals surface area (Å²) in [7, 11) is 1.63. The molecule has 0 saturated heterocycles. The van der Waals surface area contributed by atoms with Gasteiger partial charge >= 0.3 is 0 Å². The molecule has 2 rings (SSSR count). The fraction of sp³-hybridized carbons (Fsp3) is 0.500. The van der Waals surface area contributed by atoms with Gasteiger partial charge in [0, 0.05) is 18.2 Å². The van der Waals surface area contributed by atoms with Gasteiger partial charge in [-0.25, -0.2) is 0 Å². The molecule has 0 amide bonds. The Balaban J connectivity index is 2.21. The maximum atomic E-state index is 9.03. The fourth-order valence-electron chi connectivity index (χ4n) is 2.86. The number of nitriles is 2. The lowest BCUT2D eigenvalue weighted by Gasteiger charge is -2.26. The van der Waals surface area contributed by atoms with E-state index in [0.717, 1.165) is 24.2 Å². The molecule has 4 nitrogen and oxygen atoms in total. The first-order valence-electron chi connectivity index (χ1n) is 6.96. The molecule has 104 valence electrons. The van der Waals surface area contributed by atoms with Gasteiger partial charge in [-0.05, 0) is 31.0 Å². The van der Waals surface area contributed by atoms with Crippen molar-refractivity contribution >= 4 is 0 Å². The Morgan fingerprint density at radius 3 is 2.65 bits per heavy atom. The van der Waals surface area contributed by atoms with Gasteiger partial charge in [-0.2, -0.15) is 10.5 Å². The summed E-state index contributed by atoms with van der Waals surface area (Å²) in [6, 6.07) is 10.3. The lowest BCUT2D eigenvalue weighted by molar-refractivity contribution is 0.211. The number of ether oxygens (including phenoxy) is 1. The van der Waals surface area contributed by atoms with Crippen LogP contribution in [0, 0.1) is 22.7 Å². The van der Waals surface area contributed by atoms with Gasteiger partial charge < -0.3 is 4.74 Å². The molecule has 0 spiro atoms. The summed E-state index contributed by atoms with van der Waals surface area (Å²) in [4.78, 5) is 2.20. The normalized spacial score (nSPS) is 15.0. The maximum Gasteiger partial charge on any atom is 0.123 e. The van der Waals surface area contributed by atoms with Crippen LogP contribution in [0.25, 0.3) is 0 Å². The molecule has 0 aromatic heterocycles. The van der Waals surface area contributed by atoms with Gasteiger partial charge in [-0.3, -0.25) is 4.90 Å². The highest BCUT2D eigenvalue weighted by Gasteiger charge is 2.23. The Morgan fingerprint density at radius 1 is 1.30 bits per heavy atom. The van der Waals surface area contributed by atoms with Crippen LogP contribution in [0.3, 0.4) is 0 Å². The lowest BCUT2D eigenvalue weighted by atomic mass is 10.1. The van der Waals surface area contributed by atoms with Gasteiger partial charge in [0.15, 0.2) is 0 Å². The van der Waals surface area contributed by atoms with Crippen molar-refractivity contribution < 1.29 is 4.74 Å². The summed E-state index contributed by atoms with van der Waals surface area (Å²) < 4.78 is 5.37. The van der Waals surface area contributed by atoms with Crippen molar-refractivity contribution in [1.29, 1.82) is 10.5 Å². The third-order valence-electron chi connectivity index (χ3n) is 3.90. The van der Waals surface area contributed by atoms with E-state index in [9.17, 15) is 0 Å². The second-order valence-corrected chi connectivity index (χ2v) is 5.14. The number of nitrogens with zero attached hydrogens (tertiary/aromatic N) is 3. The molecule has 1 saturated carbocycles. The number of benzene rings is 1. The van der Waals surface area contributed by atoms with E-state index in [0.29, 0.717) is 24.7 Å². The maximum absolute atomic E-state index is 9.03. The monoisotopic (exact) mass is 269 g/mol. The Kier molecular flexibility index (Phi) is 4.98. The molecule has 1 aliphatic carbocycles. The first kappa shape index (κ1) is 14.4. The van der Waals surface area contributed by atoms with Crippen LogP contribution in [-0.4, -0.2) is 24.6 Å². The lowest BCUT2D eigenvalue weighted by Crippen LogP contribution is -2.33. The van der Waals surface area contributed by atoms with Gasteiger partial charge in [0.25, 0.3) is 0 Å². The second-order valence-electron chi connectivity index (χ2n) is 5.14. The van der Waals surface area contributed by atoms with E-state index in [1.54, 1.807) is 13.2 Å². The predicted octanol–water partition coefficient (Wildman–Crippen LogP) is 2.84. The topological polar surface area (TPSA) is 60.0 Å². The van der Waals surface area contributed by atoms with Crippen molar-refractivity contribution in [2.45, 2.75) is 38.3 Å². The fourth-order valence-corrected chi connectivity index (χ4v) is 2.86.